The summed E-state index contributed by atoms with van der Waals surface area (Å²) < 4.78 is 5.87. The number of nitrogens with zero attached hydrogens (tertiary/aromatic N) is 1. The summed E-state index contributed by atoms with van der Waals surface area (Å²) in [5, 5.41) is 0. The summed E-state index contributed by atoms with van der Waals surface area (Å²) in [6.45, 7) is 14.3. The molecule has 0 spiro atoms. The Bertz CT molecular complexity index is 419. The largest absolute Gasteiger partial charge is 0.374 e. The van der Waals surface area contributed by atoms with Gasteiger partial charge in [0.25, 0.3) is 0 Å². The van der Waals surface area contributed by atoms with Crippen molar-refractivity contribution in [2.24, 2.45) is 5.41 Å². The van der Waals surface area contributed by atoms with Crippen molar-refractivity contribution in [1.29, 1.82) is 0 Å². The van der Waals surface area contributed by atoms with Gasteiger partial charge < -0.3 is 4.74 Å². The highest BCUT2D eigenvalue weighted by Crippen LogP contribution is 2.29. The molecule has 2 atom stereocenters. The number of benzene rings is 1. The van der Waals surface area contributed by atoms with Crippen LogP contribution in [0.2, 0.25) is 0 Å². The number of hydrogen-bond donors (Lipinski definition) is 0. The van der Waals surface area contributed by atoms with E-state index in [2.05, 4.69) is 69.9 Å². The first kappa shape index (κ1) is 15.5. The van der Waals surface area contributed by atoms with E-state index in [0.717, 1.165) is 19.6 Å². The number of ether oxygens (including phenoxy) is 1. The van der Waals surface area contributed by atoms with Gasteiger partial charge in [0.1, 0.15) is 0 Å². The standard InChI is InChI=1S/C18H29NO/c1-17(2,3)20-13-16-12-19(16)14-18(4,5)11-15-9-7-6-8-10-15/h6-10,16H,11-14H2,1-5H3. The van der Waals surface area contributed by atoms with Crippen LogP contribution in [0.15, 0.2) is 30.3 Å². The minimum Gasteiger partial charge on any atom is -0.374 e. The van der Waals surface area contributed by atoms with Crippen LogP contribution in [0.25, 0.3) is 0 Å². The third kappa shape index (κ3) is 5.26. The number of rotatable bonds is 6. The topological polar surface area (TPSA) is 12.2 Å². The first-order valence-corrected chi connectivity index (χ1v) is 7.67. The van der Waals surface area contributed by atoms with Gasteiger partial charge >= 0.3 is 0 Å². The van der Waals surface area contributed by atoms with Gasteiger partial charge in [0.2, 0.25) is 0 Å². The van der Waals surface area contributed by atoms with Crippen LogP contribution in [-0.4, -0.2) is 36.2 Å². The van der Waals surface area contributed by atoms with Crippen LogP contribution in [0.1, 0.15) is 40.2 Å². The van der Waals surface area contributed by atoms with Gasteiger partial charge in [0.05, 0.1) is 12.2 Å². The second-order valence-corrected chi connectivity index (χ2v) is 7.83. The molecule has 1 saturated heterocycles. The lowest BCUT2D eigenvalue weighted by atomic mass is 9.85. The maximum Gasteiger partial charge on any atom is 0.0641 e. The van der Waals surface area contributed by atoms with Gasteiger partial charge in [-0.1, -0.05) is 44.2 Å². The lowest BCUT2D eigenvalue weighted by Crippen LogP contribution is -2.28. The lowest BCUT2D eigenvalue weighted by Gasteiger charge is -2.26. The van der Waals surface area contributed by atoms with E-state index in [1.807, 2.05) is 0 Å². The molecule has 0 bridgehead atoms. The van der Waals surface area contributed by atoms with Crippen molar-refractivity contribution < 1.29 is 4.74 Å². The molecule has 0 N–H and O–H groups in total. The molecule has 1 aliphatic rings. The Morgan fingerprint density at radius 3 is 2.35 bits per heavy atom. The van der Waals surface area contributed by atoms with Crippen LogP contribution in [-0.2, 0) is 11.2 Å². The highest BCUT2D eigenvalue weighted by atomic mass is 16.5. The highest BCUT2D eigenvalue weighted by Gasteiger charge is 2.38. The van der Waals surface area contributed by atoms with Crippen molar-refractivity contribution in [1.82, 2.24) is 4.90 Å². The second-order valence-electron chi connectivity index (χ2n) is 7.83. The summed E-state index contributed by atoms with van der Waals surface area (Å²) in [5.74, 6) is 0. The Morgan fingerprint density at radius 2 is 1.75 bits per heavy atom. The molecule has 0 aliphatic carbocycles. The zero-order valence-corrected chi connectivity index (χ0v) is 13.6. The average Bonchev–Trinajstić information content (AvgIpc) is 3.03. The van der Waals surface area contributed by atoms with Gasteiger partial charge in [0.15, 0.2) is 0 Å². The molecule has 1 aliphatic heterocycles. The molecule has 0 amide bonds. The van der Waals surface area contributed by atoms with Crippen LogP contribution < -0.4 is 0 Å². The van der Waals surface area contributed by atoms with Crippen LogP contribution in [0, 0.1) is 5.41 Å². The van der Waals surface area contributed by atoms with Crippen molar-refractivity contribution in [3.05, 3.63) is 35.9 Å². The molecule has 1 heterocycles. The predicted octanol–water partition coefficient (Wildman–Crippen LogP) is 3.75. The summed E-state index contributed by atoms with van der Waals surface area (Å²) in [5.41, 5.74) is 1.73. The second kappa shape index (κ2) is 5.87. The fourth-order valence-corrected chi connectivity index (χ4v) is 2.68. The van der Waals surface area contributed by atoms with Crippen molar-refractivity contribution in [3.63, 3.8) is 0 Å². The molecule has 2 nitrogen and oxygen atoms in total. The van der Waals surface area contributed by atoms with E-state index in [-0.39, 0.29) is 5.60 Å². The predicted molar refractivity (Wildman–Crippen MR) is 85.0 cm³/mol. The summed E-state index contributed by atoms with van der Waals surface area (Å²) >= 11 is 0. The van der Waals surface area contributed by atoms with E-state index >= 15 is 0 Å². The monoisotopic (exact) mass is 275 g/mol. The zero-order valence-electron chi connectivity index (χ0n) is 13.6. The maximum atomic E-state index is 5.87. The summed E-state index contributed by atoms with van der Waals surface area (Å²) in [6, 6.07) is 11.4. The molecule has 112 valence electrons. The minimum atomic E-state index is -0.0200. The third-order valence-electron chi connectivity index (χ3n) is 3.69. The third-order valence-corrected chi connectivity index (χ3v) is 3.69. The Labute approximate surface area is 124 Å². The first-order chi connectivity index (χ1) is 9.25. The van der Waals surface area contributed by atoms with Crippen LogP contribution in [0.5, 0.6) is 0 Å². The molecule has 0 radical (unpaired) electrons. The Balaban J connectivity index is 1.76. The van der Waals surface area contributed by atoms with E-state index in [1.165, 1.54) is 12.1 Å². The molecule has 2 unspecified atom stereocenters. The van der Waals surface area contributed by atoms with E-state index < -0.39 is 0 Å². The first-order valence-electron chi connectivity index (χ1n) is 7.67. The van der Waals surface area contributed by atoms with Crippen molar-refractivity contribution >= 4 is 0 Å². The minimum absolute atomic E-state index is 0.0200. The molecule has 0 saturated carbocycles. The van der Waals surface area contributed by atoms with Crippen LogP contribution in [0.3, 0.4) is 0 Å². The van der Waals surface area contributed by atoms with E-state index in [4.69, 9.17) is 4.74 Å². The molecule has 20 heavy (non-hydrogen) atoms. The fraction of sp³-hybridized carbons (Fsp3) is 0.667. The molecule has 1 aromatic carbocycles. The molecule has 2 rings (SSSR count). The smallest absolute Gasteiger partial charge is 0.0641 e. The lowest BCUT2D eigenvalue weighted by molar-refractivity contribution is -0.00635. The summed E-state index contributed by atoms with van der Waals surface area (Å²) in [6.07, 6.45) is 1.14. The molecule has 1 aromatic rings. The van der Waals surface area contributed by atoms with Crippen molar-refractivity contribution in [2.45, 2.75) is 52.7 Å². The molecule has 1 fully saturated rings. The Morgan fingerprint density at radius 1 is 1.10 bits per heavy atom. The number of hydrogen-bond acceptors (Lipinski definition) is 2. The molecular weight excluding hydrogens is 246 g/mol. The summed E-state index contributed by atoms with van der Waals surface area (Å²) in [7, 11) is 0. The maximum absolute atomic E-state index is 5.87. The van der Waals surface area contributed by atoms with Gasteiger partial charge in [-0.2, -0.15) is 0 Å². The van der Waals surface area contributed by atoms with E-state index in [1.54, 1.807) is 0 Å². The SMILES string of the molecule is CC(C)(Cc1ccccc1)CN1CC1COC(C)(C)C. The van der Waals surface area contributed by atoms with E-state index in [9.17, 15) is 0 Å². The van der Waals surface area contributed by atoms with Gasteiger partial charge in [-0.05, 0) is 38.2 Å². The molecule has 0 aromatic heterocycles. The molecular formula is C18H29NO. The van der Waals surface area contributed by atoms with Gasteiger partial charge in [-0.25, -0.2) is 0 Å². The Kier molecular flexibility index (Phi) is 4.55. The van der Waals surface area contributed by atoms with Gasteiger partial charge in [0, 0.05) is 19.1 Å². The summed E-state index contributed by atoms with van der Waals surface area (Å²) in [4.78, 5) is 2.54. The molecule has 2 heteroatoms. The van der Waals surface area contributed by atoms with Crippen molar-refractivity contribution in [2.75, 3.05) is 19.7 Å². The Hall–Kier alpha value is -0.860. The quantitative estimate of drug-likeness (QED) is 0.733. The average molecular weight is 275 g/mol. The van der Waals surface area contributed by atoms with E-state index in [0.29, 0.717) is 11.5 Å². The van der Waals surface area contributed by atoms with Crippen LogP contribution >= 0.6 is 0 Å². The zero-order chi connectivity index (χ0) is 14.8. The normalized spacial score (nSPS) is 22.9. The van der Waals surface area contributed by atoms with Crippen LogP contribution in [0.4, 0.5) is 0 Å². The highest BCUT2D eigenvalue weighted by molar-refractivity contribution is 5.16. The van der Waals surface area contributed by atoms with Crippen molar-refractivity contribution in [3.8, 4) is 0 Å². The van der Waals surface area contributed by atoms with Gasteiger partial charge in [-0.3, -0.25) is 4.90 Å². The fourth-order valence-electron chi connectivity index (χ4n) is 2.68. The van der Waals surface area contributed by atoms with Gasteiger partial charge in [-0.15, -0.1) is 0 Å².